The Kier molecular flexibility index (Phi) is 6.94. The fourth-order valence-electron chi connectivity index (χ4n) is 3.17. The van der Waals surface area contributed by atoms with Crippen LogP contribution in [-0.4, -0.2) is 48.3 Å². The highest BCUT2D eigenvalue weighted by Gasteiger charge is 2.30. The number of rotatable bonds is 7. The van der Waals surface area contributed by atoms with Crippen molar-refractivity contribution in [3.63, 3.8) is 0 Å². The van der Waals surface area contributed by atoms with E-state index in [9.17, 15) is 22.8 Å². The van der Waals surface area contributed by atoms with Crippen molar-refractivity contribution in [1.82, 2.24) is 15.2 Å². The lowest BCUT2D eigenvalue weighted by molar-refractivity contribution is -0.274. The van der Waals surface area contributed by atoms with Gasteiger partial charge >= 0.3 is 6.36 Å². The maximum Gasteiger partial charge on any atom is 0.573 e. The van der Waals surface area contributed by atoms with Gasteiger partial charge < -0.3 is 15.0 Å². The number of alkyl halides is 3. The number of ether oxygens (including phenoxy) is 1. The fourth-order valence-corrected chi connectivity index (χ4v) is 3.17. The van der Waals surface area contributed by atoms with Crippen LogP contribution >= 0.6 is 0 Å². The summed E-state index contributed by atoms with van der Waals surface area (Å²) in [5, 5.41) is 2.82. The van der Waals surface area contributed by atoms with Gasteiger partial charge in [-0.2, -0.15) is 0 Å². The van der Waals surface area contributed by atoms with Gasteiger partial charge in [-0.15, -0.1) is 13.2 Å². The Morgan fingerprint density at radius 1 is 1.17 bits per heavy atom. The van der Waals surface area contributed by atoms with Crippen LogP contribution in [0.2, 0.25) is 0 Å². The standard InChI is InChI=1S/C21H22F3N3O3/c22-21(23,24)30-18-4-1-15(2-5-18)13-16-7-10-27(11-8-16)12-9-25-20(29)17-3-6-19(28)26-14-17/h1-7,14H,8-13H2,(H,25,29)(H,26,28). The second-order valence-electron chi connectivity index (χ2n) is 6.98. The monoisotopic (exact) mass is 421 g/mol. The Balaban J connectivity index is 1.41. The van der Waals surface area contributed by atoms with Gasteiger partial charge in [-0.3, -0.25) is 14.5 Å². The number of hydrogen-bond acceptors (Lipinski definition) is 4. The molecule has 6 nitrogen and oxygen atoms in total. The van der Waals surface area contributed by atoms with Crippen LogP contribution in [0.3, 0.4) is 0 Å². The molecule has 1 aliphatic heterocycles. The van der Waals surface area contributed by atoms with E-state index in [4.69, 9.17) is 0 Å². The molecule has 0 atom stereocenters. The average Bonchev–Trinajstić information content (AvgIpc) is 2.70. The van der Waals surface area contributed by atoms with Gasteiger partial charge in [0.25, 0.3) is 5.91 Å². The summed E-state index contributed by atoms with van der Waals surface area (Å²) in [5.41, 5.74) is 2.31. The minimum atomic E-state index is -4.68. The highest BCUT2D eigenvalue weighted by Crippen LogP contribution is 2.24. The van der Waals surface area contributed by atoms with Crippen LogP contribution in [0.5, 0.6) is 5.75 Å². The third kappa shape index (κ3) is 6.77. The van der Waals surface area contributed by atoms with Gasteiger partial charge in [0.15, 0.2) is 0 Å². The highest BCUT2D eigenvalue weighted by atomic mass is 19.4. The van der Waals surface area contributed by atoms with Gasteiger partial charge in [0.2, 0.25) is 5.56 Å². The number of pyridine rings is 1. The van der Waals surface area contributed by atoms with E-state index in [1.54, 1.807) is 12.1 Å². The van der Waals surface area contributed by atoms with E-state index in [0.717, 1.165) is 25.1 Å². The lowest BCUT2D eigenvalue weighted by Gasteiger charge is -2.26. The molecule has 2 aromatic rings. The number of aromatic nitrogens is 1. The van der Waals surface area contributed by atoms with Gasteiger partial charge in [0, 0.05) is 38.4 Å². The summed E-state index contributed by atoms with van der Waals surface area (Å²) in [6.07, 6.45) is 0.358. The van der Waals surface area contributed by atoms with E-state index in [1.165, 1.54) is 36.0 Å². The molecule has 1 amide bonds. The van der Waals surface area contributed by atoms with E-state index >= 15 is 0 Å². The maximum atomic E-state index is 12.2. The molecule has 30 heavy (non-hydrogen) atoms. The Hall–Kier alpha value is -3.07. The topological polar surface area (TPSA) is 74.4 Å². The van der Waals surface area contributed by atoms with Crippen molar-refractivity contribution in [1.29, 1.82) is 0 Å². The number of hydrogen-bond donors (Lipinski definition) is 2. The van der Waals surface area contributed by atoms with Crippen molar-refractivity contribution in [2.45, 2.75) is 19.2 Å². The number of carbonyl (C=O) groups is 1. The van der Waals surface area contributed by atoms with E-state index in [-0.39, 0.29) is 17.2 Å². The van der Waals surface area contributed by atoms with Crippen molar-refractivity contribution in [3.05, 3.63) is 75.7 Å². The molecule has 1 aliphatic rings. The summed E-state index contributed by atoms with van der Waals surface area (Å²) in [4.78, 5) is 27.7. The normalized spacial score (nSPS) is 14.8. The molecule has 0 bridgehead atoms. The summed E-state index contributed by atoms with van der Waals surface area (Å²) in [7, 11) is 0. The Bertz CT molecular complexity index is 932. The number of halogens is 3. The first-order chi connectivity index (χ1) is 14.3. The Morgan fingerprint density at radius 2 is 1.93 bits per heavy atom. The zero-order valence-electron chi connectivity index (χ0n) is 16.2. The number of amides is 1. The van der Waals surface area contributed by atoms with Crippen LogP contribution in [0.4, 0.5) is 13.2 Å². The first-order valence-electron chi connectivity index (χ1n) is 9.50. The fraction of sp³-hybridized carbons (Fsp3) is 0.333. The first kappa shape index (κ1) is 21.6. The molecule has 0 aliphatic carbocycles. The Labute approximate surface area is 171 Å². The molecular weight excluding hydrogens is 399 g/mol. The maximum absolute atomic E-state index is 12.2. The lowest BCUT2D eigenvalue weighted by Crippen LogP contribution is -2.37. The molecule has 1 aromatic carbocycles. The molecule has 0 saturated carbocycles. The number of nitrogens with one attached hydrogen (secondary N) is 2. The van der Waals surface area contributed by atoms with Gasteiger partial charge in [-0.05, 0) is 36.6 Å². The zero-order chi connectivity index (χ0) is 21.6. The summed E-state index contributed by atoms with van der Waals surface area (Å²) < 4.78 is 40.5. The third-order valence-electron chi connectivity index (χ3n) is 4.74. The van der Waals surface area contributed by atoms with E-state index in [2.05, 4.69) is 26.0 Å². The van der Waals surface area contributed by atoms with Crippen LogP contribution < -0.4 is 15.6 Å². The molecule has 1 aromatic heterocycles. The molecule has 2 N–H and O–H groups in total. The number of H-pyrrole nitrogens is 1. The predicted molar refractivity (Wildman–Crippen MR) is 105 cm³/mol. The molecule has 9 heteroatoms. The highest BCUT2D eigenvalue weighted by molar-refractivity contribution is 5.93. The predicted octanol–water partition coefficient (Wildman–Crippen LogP) is 2.88. The molecule has 0 saturated heterocycles. The number of aromatic amines is 1. The van der Waals surface area contributed by atoms with E-state index in [1.807, 2.05) is 0 Å². The minimum absolute atomic E-state index is 0.223. The van der Waals surface area contributed by atoms with Gasteiger partial charge in [-0.1, -0.05) is 23.8 Å². The largest absolute Gasteiger partial charge is 0.573 e. The van der Waals surface area contributed by atoms with Crippen LogP contribution in [0, 0.1) is 0 Å². The smallest absolute Gasteiger partial charge is 0.406 e. The van der Waals surface area contributed by atoms with E-state index < -0.39 is 6.36 Å². The molecule has 3 rings (SSSR count). The van der Waals surface area contributed by atoms with Crippen molar-refractivity contribution in [2.75, 3.05) is 26.2 Å². The molecular formula is C21H22F3N3O3. The molecule has 0 unspecified atom stereocenters. The van der Waals surface area contributed by atoms with Crippen LogP contribution in [0.25, 0.3) is 0 Å². The summed E-state index contributed by atoms with van der Waals surface area (Å²) in [5.74, 6) is -0.462. The van der Waals surface area contributed by atoms with Crippen molar-refractivity contribution in [3.8, 4) is 5.75 Å². The molecule has 0 spiro atoms. The molecule has 2 heterocycles. The minimum Gasteiger partial charge on any atom is -0.406 e. The van der Waals surface area contributed by atoms with Crippen LogP contribution in [0.15, 0.2) is 59.0 Å². The number of carbonyl (C=O) groups excluding carboxylic acids is 1. The lowest BCUT2D eigenvalue weighted by atomic mass is 9.99. The van der Waals surface area contributed by atoms with Crippen molar-refractivity contribution in [2.24, 2.45) is 0 Å². The summed E-state index contributed by atoms with van der Waals surface area (Å²) in [6.45, 7) is 2.78. The van der Waals surface area contributed by atoms with Crippen LogP contribution in [0.1, 0.15) is 22.3 Å². The Morgan fingerprint density at radius 3 is 2.53 bits per heavy atom. The van der Waals surface area contributed by atoms with Crippen molar-refractivity contribution < 1.29 is 22.7 Å². The zero-order valence-corrected chi connectivity index (χ0v) is 16.2. The summed E-state index contributed by atoms with van der Waals surface area (Å²) >= 11 is 0. The van der Waals surface area contributed by atoms with Crippen LogP contribution in [-0.2, 0) is 6.42 Å². The molecule has 0 radical (unpaired) electrons. The molecule has 160 valence electrons. The van der Waals surface area contributed by atoms with E-state index in [0.29, 0.717) is 25.1 Å². The quantitative estimate of drug-likeness (QED) is 0.675. The summed E-state index contributed by atoms with van der Waals surface area (Å²) in [6, 6.07) is 8.71. The van der Waals surface area contributed by atoms with Gasteiger partial charge in [0.05, 0.1) is 5.56 Å². The van der Waals surface area contributed by atoms with Gasteiger partial charge in [0.1, 0.15) is 5.75 Å². The average molecular weight is 421 g/mol. The van der Waals surface area contributed by atoms with Crippen molar-refractivity contribution >= 4 is 5.91 Å². The SMILES string of the molecule is O=C(NCCN1CC=C(Cc2ccc(OC(F)(F)F)cc2)CC1)c1ccc(=O)[nH]c1. The number of nitrogens with zero attached hydrogens (tertiary/aromatic N) is 1. The molecule has 0 fully saturated rings. The van der Waals surface area contributed by atoms with Gasteiger partial charge in [-0.25, -0.2) is 0 Å². The second kappa shape index (κ2) is 9.62. The third-order valence-corrected chi connectivity index (χ3v) is 4.74. The number of benzene rings is 1. The first-order valence-corrected chi connectivity index (χ1v) is 9.50. The second-order valence-corrected chi connectivity index (χ2v) is 6.98.